The molecule has 0 aromatic heterocycles. The van der Waals surface area contributed by atoms with Gasteiger partial charge in [-0.2, -0.15) is 0 Å². The van der Waals surface area contributed by atoms with E-state index in [1.807, 2.05) is 0 Å². The summed E-state index contributed by atoms with van der Waals surface area (Å²) in [6.07, 6.45) is -0.00905. The van der Waals surface area contributed by atoms with Crippen LogP contribution in [0.1, 0.15) is 5.56 Å². The first kappa shape index (κ1) is 17.6. The van der Waals surface area contributed by atoms with E-state index in [1.165, 1.54) is 0 Å². The number of ether oxygens (including phenoxy) is 1. The van der Waals surface area contributed by atoms with Crippen molar-refractivity contribution < 1.29 is 14.3 Å². The molecule has 0 heterocycles. The first-order valence-corrected chi connectivity index (χ1v) is 7.73. The number of anilines is 1. The molecule has 0 aliphatic rings. The quantitative estimate of drug-likeness (QED) is 0.793. The molecule has 4 nitrogen and oxygen atoms in total. The zero-order chi connectivity index (χ0) is 16.8. The Bertz CT molecular complexity index is 734. The van der Waals surface area contributed by atoms with E-state index in [0.717, 1.165) is 0 Å². The van der Waals surface area contributed by atoms with Crippen molar-refractivity contribution in [3.8, 4) is 0 Å². The average Bonchev–Trinajstić information content (AvgIpc) is 2.52. The van der Waals surface area contributed by atoms with Gasteiger partial charge in [-0.05, 0) is 23.8 Å². The molecule has 7 heteroatoms. The van der Waals surface area contributed by atoms with Crippen molar-refractivity contribution in [2.45, 2.75) is 6.42 Å². The maximum atomic E-state index is 11.8. The Labute approximate surface area is 148 Å². The molecule has 1 N–H and O–H groups in total. The summed E-state index contributed by atoms with van der Waals surface area (Å²) in [6, 6.07) is 11.8. The Morgan fingerprint density at radius 2 is 1.65 bits per heavy atom. The number of esters is 1. The number of hydrogen-bond acceptors (Lipinski definition) is 3. The smallest absolute Gasteiger partial charge is 0.310 e. The van der Waals surface area contributed by atoms with Gasteiger partial charge in [-0.25, -0.2) is 0 Å². The molecule has 2 aromatic carbocycles. The molecule has 0 saturated heterocycles. The SMILES string of the molecule is O=C(COC(=O)Cc1ccccc1Cl)Nc1cccc(Cl)c1Cl. The lowest BCUT2D eigenvalue weighted by Gasteiger charge is -2.09. The molecule has 0 saturated carbocycles. The molecular formula is C16H12Cl3NO3. The van der Waals surface area contributed by atoms with Gasteiger partial charge in [-0.1, -0.05) is 59.1 Å². The molecule has 0 aliphatic heterocycles. The highest BCUT2D eigenvalue weighted by molar-refractivity contribution is 6.44. The van der Waals surface area contributed by atoms with Crippen LogP contribution in [0.3, 0.4) is 0 Å². The van der Waals surface area contributed by atoms with Crippen LogP contribution in [0.25, 0.3) is 0 Å². The molecule has 1 amide bonds. The molecule has 0 atom stereocenters. The van der Waals surface area contributed by atoms with E-state index in [-0.39, 0.29) is 11.4 Å². The third-order valence-electron chi connectivity index (χ3n) is 2.88. The van der Waals surface area contributed by atoms with Crippen molar-refractivity contribution in [2.24, 2.45) is 0 Å². The Morgan fingerprint density at radius 1 is 0.957 bits per heavy atom. The van der Waals surface area contributed by atoms with Gasteiger partial charge in [0.1, 0.15) is 0 Å². The average molecular weight is 373 g/mol. The van der Waals surface area contributed by atoms with Crippen LogP contribution in [0.15, 0.2) is 42.5 Å². The lowest BCUT2D eigenvalue weighted by molar-refractivity contribution is -0.146. The van der Waals surface area contributed by atoms with Gasteiger partial charge in [0.2, 0.25) is 0 Å². The maximum Gasteiger partial charge on any atom is 0.310 e. The molecule has 2 rings (SSSR count). The zero-order valence-electron chi connectivity index (χ0n) is 11.8. The minimum absolute atomic E-state index is 0.00905. The minimum atomic E-state index is -0.551. The van der Waals surface area contributed by atoms with Crippen LogP contribution in [0.5, 0.6) is 0 Å². The number of hydrogen-bond donors (Lipinski definition) is 1. The summed E-state index contributed by atoms with van der Waals surface area (Å²) < 4.78 is 4.92. The number of nitrogens with one attached hydrogen (secondary N) is 1. The molecule has 0 radical (unpaired) electrons. The standard InChI is InChI=1S/C16H12Cl3NO3/c17-11-5-2-1-4-10(11)8-15(22)23-9-14(21)20-13-7-3-6-12(18)16(13)19/h1-7H,8-9H2,(H,20,21). The zero-order valence-corrected chi connectivity index (χ0v) is 14.1. The molecule has 0 fully saturated rings. The molecule has 23 heavy (non-hydrogen) atoms. The summed E-state index contributed by atoms with van der Waals surface area (Å²) in [5, 5.41) is 3.54. The van der Waals surface area contributed by atoms with E-state index in [9.17, 15) is 9.59 Å². The number of carbonyl (C=O) groups excluding carboxylic acids is 2. The largest absolute Gasteiger partial charge is 0.455 e. The molecule has 0 spiro atoms. The Morgan fingerprint density at radius 3 is 2.39 bits per heavy atom. The number of benzene rings is 2. The van der Waals surface area contributed by atoms with Crippen molar-refractivity contribution in [2.75, 3.05) is 11.9 Å². The Kier molecular flexibility index (Phi) is 6.28. The third kappa shape index (κ3) is 5.13. The van der Waals surface area contributed by atoms with Crippen LogP contribution >= 0.6 is 34.8 Å². The van der Waals surface area contributed by atoms with E-state index < -0.39 is 18.5 Å². The van der Waals surface area contributed by atoms with Crippen LogP contribution < -0.4 is 5.32 Å². The Balaban J connectivity index is 1.86. The fraction of sp³-hybridized carbons (Fsp3) is 0.125. The van der Waals surface area contributed by atoms with Crippen molar-refractivity contribution in [1.82, 2.24) is 0 Å². The van der Waals surface area contributed by atoms with Crippen LogP contribution in [-0.4, -0.2) is 18.5 Å². The summed E-state index contributed by atoms with van der Waals surface area (Å²) >= 11 is 17.8. The fourth-order valence-electron chi connectivity index (χ4n) is 1.78. The molecule has 0 unspecified atom stereocenters. The van der Waals surface area contributed by atoms with Crippen LogP contribution in [0.4, 0.5) is 5.69 Å². The van der Waals surface area contributed by atoms with E-state index >= 15 is 0 Å². The number of rotatable bonds is 5. The fourth-order valence-corrected chi connectivity index (χ4v) is 2.33. The van der Waals surface area contributed by atoms with Crippen molar-refractivity contribution in [3.63, 3.8) is 0 Å². The van der Waals surface area contributed by atoms with Crippen LogP contribution in [0, 0.1) is 0 Å². The Hall–Kier alpha value is -1.75. The van der Waals surface area contributed by atoms with Gasteiger partial charge in [0, 0.05) is 5.02 Å². The second kappa shape index (κ2) is 8.20. The van der Waals surface area contributed by atoms with E-state index in [1.54, 1.807) is 42.5 Å². The summed E-state index contributed by atoms with van der Waals surface area (Å²) in [4.78, 5) is 23.5. The highest BCUT2D eigenvalue weighted by atomic mass is 35.5. The van der Waals surface area contributed by atoms with Gasteiger partial charge in [0.05, 0.1) is 22.2 Å². The third-order valence-corrected chi connectivity index (χ3v) is 4.07. The normalized spacial score (nSPS) is 10.2. The second-order valence-electron chi connectivity index (χ2n) is 4.58. The maximum absolute atomic E-state index is 11.8. The predicted molar refractivity (Wildman–Crippen MR) is 91.2 cm³/mol. The lowest BCUT2D eigenvalue weighted by atomic mass is 10.1. The van der Waals surface area contributed by atoms with Crippen molar-refractivity contribution in [3.05, 3.63) is 63.1 Å². The van der Waals surface area contributed by atoms with Crippen LogP contribution in [0.2, 0.25) is 15.1 Å². The van der Waals surface area contributed by atoms with Crippen molar-refractivity contribution in [1.29, 1.82) is 0 Å². The van der Waals surface area contributed by atoms with Gasteiger partial charge in [0.25, 0.3) is 5.91 Å². The van der Waals surface area contributed by atoms with Crippen LogP contribution in [-0.2, 0) is 20.7 Å². The molecule has 0 bridgehead atoms. The molecule has 2 aromatic rings. The first-order chi connectivity index (χ1) is 11.0. The van der Waals surface area contributed by atoms with Crippen molar-refractivity contribution >= 4 is 52.4 Å². The monoisotopic (exact) mass is 371 g/mol. The number of amides is 1. The first-order valence-electron chi connectivity index (χ1n) is 6.60. The highest BCUT2D eigenvalue weighted by Gasteiger charge is 2.12. The van der Waals surface area contributed by atoms with E-state index in [2.05, 4.69) is 5.32 Å². The lowest BCUT2D eigenvalue weighted by Crippen LogP contribution is -2.21. The van der Waals surface area contributed by atoms with Gasteiger partial charge < -0.3 is 10.1 Å². The summed E-state index contributed by atoms with van der Waals surface area (Å²) in [5.41, 5.74) is 0.990. The van der Waals surface area contributed by atoms with Gasteiger partial charge in [0.15, 0.2) is 6.61 Å². The summed E-state index contributed by atoms with van der Waals surface area (Å²) in [6.45, 7) is -0.424. The van der Waals surface area contributed by atoms with Gasteiger partial charge >= 0.3 is 5.97 Å². The summed E-state index contributed by atoms with van der Waals surface area (Å²) in [5.74, 6) is -1.06. The molecular weight excluding hydrogens is 361 g/mol. The molecule has 0 aliphatic carbocycles. The van der Waals surface area contributed by atoms with E-state index in [0.29, 0.717) is 21.3 Å². The van der Waals surface area contributed by atoms with Gasteiger partial charge in [-0.3, -0.25) is 9.59 Å². The topological polar surface area (TPSA) is 55.4 Å². The highest BCUT2D eigenvalue weighted by Crippen LogP contribution is 2.29. The number of carbonyl (C=O) groups is 2. The van der Waals surface area contributed by atoms with E-state index in [4.69, 9.17) is 39.5 Å². The summed E-state index contributed by atoms with van der Waals surface area (Å²) in [7, 11) is 0. The predicted octanol–water partition coefficient (Wildman–Crippen LogP) is 4.37. The minimum Gasteiger partial charge on any atom is -0.455 e. The second-order valence-corrected chi connectivity index (χ2v) is 5.77. The van der Waals surface area contributed by atoms with Gasteiger partial charge in [-0.15, -0.1) is 0 Å². The molecule has 120 valence electrons. The number of halogens is 3.